The maximum Gasteiger partial charge on any atom is 0.264 e. The van der Waals surface area contributed by atoms with Crippen LogP contribution in [0.1, 0.15) is 40.1 Å². The zero-order valence-electron chi connectivity index (χ0n) is 15.2. The second kappa shape index (κ2) is 7.12. The van der Waals surface area contributed by atoms with Crippen molar-refractivity contribution in [1.29, 1.82) is 0 Å². The Hall–Kier alpha value is -1.72. The Labute approximate surface area is 158 Å². The molecule has 2 saturated heterocycles. The summed E-state index contributed by atoms with van der Waals surface area (Å²) in [5.74, 6) is 0.0164. The fourth-order valence-corrected chi connectivity index (χ4v) is 5.36. The van der Waals surface area contributed by atoms with Crippen LogP contribution in [0, 0.1) is 18.2 Å². The quantitative estimate of drug-likeness (QED) is 0.801. The Morgan fingerprint density at radius 1 is 1.15 bits per heavy atom. The number of carbonyl (C=O) groups excluding carboxylic acids is 1. The molecule has 26 heavy (non-hydrogen) atoms. The molecule has 0 unspecified atom stereocenters. The van der Waals surface area contributed by atoms with E-state index in [-0.39, 0.29) is 17.1 Å². The lowest BCUT2D eigenvalue weighted by Crippen LogP contribution is -2.45. The first kappa shape index (κ1) is 17.7. The van der Waals surface area contributed by atoms with E-state index in [0.29, 0.717) is 0 Å². The molecule has 4 rings (SSSR count). The highest BCUT2D eigenvalue weighted by Gasteiger charge is 2.43. The van der Waals surface area contributed by atoms with Crippen LogP contribution in [0.25, 0.3) is 0 Å². The molecule has 1 aromatic carbocycles. The first-order valence-corrected chi connectivity index (χ1v) is 10.2. The third-order valence-corrected chi connectivity index (χ3v) is 6.85. The van der Waals surface area contributed by atoms with Crippen molar-refractivity contribution < 1.29 is 9.18 Å². The molecule has 138 valence electrons. The second-order valence-electron chi connectivity index (χ2n) is 7.85. The van der Waals surface area contributed by atoms with Crippen LogP contribution in [-0.2, 0) is 6.54 Å². The molecule has 1 amide bonds. The van der Waals surface area contributed by atoms with Crippen LogP contribution in [0.15, 0.2) is 35.7 Å². The molecule has 3 heterocycles. The zero-order valence-corrected chi connectivity index (χ0v) is 16.0. The van der Waals surface area contributed by atoms with Crippen molar-refractivity contribution in [3.63, 3.8) is 0 Å². The Kier molecular flexibility index (Phi) is 4.84. The van der Waals surface area contributed by atoms with Crippen LogP contribution in [0.2, 0.25) is 0 Å². The molecule has 5 heteroatoms. The predicted octanol–water partition coefficient (Wildman–Crippen LogP) is 4.32. The van der Waals surface area contributed by atoms with Gasteiger partial charge in [-0.3, -0.25) is 9.69 Å². The lowest BCUT2D eigenvalue weighted by molar-refractivity contribution is 0.0678. The fourth-order valence-electron chi connectivity index (χ4n) is 4.47. The average molecular weight is 373 g/mol. The summed E-state index contributed by atoms with van der Waals surface area (Å²) in [6, 6.07) is 8.85. The number of aryl methyl sites for hydroxylation is 1. The lowest BCUT2D eigenvalue weighted by atomic mass is 9.79. The van der Waals surface area contributed by atoms with Gasteiger partial charge in [-0.2, -0.15) is 0 Å². The maximum atomic E-state index is 13.1. The van der Waals surface area contributed by atoms with E-state index >= 15 is 0 Å². The molecule has 0 N–H and O–H groups in total. The van der Waals surface area contributed by atoms with E-state index in [4.69, 9.17) is 0 Å². The van der Waals surface area contributed by atoms with Gasteiger partial charge in [0, 0.05) is 31.6 Å². The summed E-state index contributed by atoms with van der Waals surface area (Å²) in [7, 11) is 0. The molecule has 0 bridgehead atoms. The van der Waals surface area contributed by atoms with Crippen LogP contribution in [0.5, 0.6) is 0 Å². The molecular formula is C21H25FN2OS. The summed E-state index contributed by atoms with van der Waals surface area (Å²) in [5.41, 5.74) is 2.46. The van der Waals surface area contributed by atoms with Gasteiger partial charge in [-0.05, 0) is 67.4 Å². The van der Waals surface area contributed by atoms with Crippen LogP contribution < -0.4 is 0 Å². The number of rotatable bonds is 3. The normalized spacial score (nSPS) is 23.7. The largest absolute Gasteiger partial charge is 0.337 e. The van der Waals surface area contributed by atoms with E-state index in [1.165, 1.54) is 25.0 Å². The standard InChI is InChI=1S/C21H25FN2OS/c1-16-7-12-26-19(16)20(25)24-11-9-21(15-24)8-2-10-23(14-21)13-17-3-5-18(22)6-4-17/h3-7,12H,2,8-11,13-15H2,1H3/t21-/m0/s1. The highest BCUT2D eigenvalue weighted by molar-refractivity contribution is 7.12. The van der Waals surface area contributed by atoms with Crippen LogP contribution in [0.4, 0.5) is 4.39 Å². The average Bonchev–Trinajstić information content (AvgIpc) is 3.23. The molecular weight excluding hydrogens is 347 g/mol. The predicted molar refractivity (Wildman–Crippen MR) is 103 cm³/mol. The summed E-state index contributed by atoms with van der Waals surface area (Å²) in [4.78, 5) is 18.3. The van der Waals surface area contributed by atoms with Gasteiger partial charge >= 0.3 is 0 Å². The number of hydrogen-bond acceptors (Lipinski definition) is 3. The summed E-state index contributed by atoms with van der Waals surface area (Å²) in [6.45, 7) is 6.71. The monoisotopic (exact) mass is 372 g/mol. The molecule has 0 radical (unpaired) electrons. The van der Waals surface area contributed by atoms with Gasteiger partial charge in [0.25, 0.3) is 5.91 Å². The number of hydrogen-bond donors (Lipinski definition) is 0. The van der Waals surface area contributed by atoms with Crippen LogP contribution >= 0.6 is 11.3 Å². The van der Waals surface area contributed by atoms with E-state index in [0.717, 1.165) is 55.1 Å². The Bertz CT molecular complexity index is 788. The molecule has 2 aliphatic rings. The molecule has 2 aliphatic heterocycles. The Morgan fingerprint density at radius 3 is 2.69 bits per heavy atom. The van der Waals surface area contributed by atoms with Crippen molar-refractivity contribution in [2.75, 3.05) is 26.2 Å². The van der Waals surface area contributed by atoms with Crippen LogP contribution in [-0.4, -0.2) is 41.9 Å². The molecule has 2 aromatic rings. The first-order valence-electron chi connectivity index (χ1n) is 9.35. The van der Waals surface area contributed by atoms with E-state index in [9.17, 15) is 9.18 Å². The van der Waals surface area contributed by atoms with Crippen molar-refractivity contribution in [2.24, 2.45) is 5.41 Å². The number of nitrogens with zero attached hydrogens (tertiary/aromatic N) is 2. The molecule has 1 aromatic heterocycles. The van der Waals surface area contributed by atoms with Gasteiger partial charge in [-0.25, -0.2) is 4.39 Å². The van der Waals surface area contributed by atoms with Gasteiger partial charge in [0.2, 0.25) is 0 Å². The Balaban J connectivity index is 1.41. The van der Waals surface area contributed by atoms with Crippen molar-refractivity contribution >= 4 is 17.2 Å². The highest BCUT2D eigenvalue weighted by Crippen LogP contribution is 2.40. The summed E-state index contributed by atoms with van der Waals surface area (Å²) >= 11 is 1.55. The number of benzene rings is 1. The van der Waals surface area contributed by atoms with Crippen molar-refractivity contribution in [3.8, 4) is 0 Å². The van der Waals surface area contributed by atoms with Gasteiger partial charge in [-0.15, -0.1) is 11.3 Å². The third kappa shape index (κ3) is 3.55. The molecule has 3 nitrogen and oxygen atoms in total. The van der Waals surface area contributed by atoms with E-state index < -0.39 is 0 Å². The number of amides is 1. The minimum Gasteiger partial charge on any atom is -0.337 e. The van der Waals surface area contributed by atoms with Gasteiger partial charge in [0.1, 0.15) is 5.82 Å². The first-order chi connectivity index (χ1) is 12.5. The Morgan fingerprint density at radius 2 is 1.96 bits per heavy atom. The van der Waals surface area contributed by atoms with Crippen molar-refractivity contribution in [2.45, 2.75) is 32.7 Å². The van der Waals surface area contributed by atoms with E-state index in [2.05, 4.69) is 9.80 Å². The number of halogens is 1. The fraction of sp³-hybridized carbons (Fsp3) is 0.476. The number of carbonyl (C=O) groups is 1. The topological polar surface area (TPSA) is 23.6 Å². The van der Waals surface area contributed by atoms with Crippen LogP contribution in [0.3, 0.4) is 0 Å². The second-order valence-corrected chi connectivity index (χ2v) is 8.77. The molecule has 0 saturated carbocycles. The highest BCUT2D eigenvalue weighted by atomic mass is 32.1. The zero-order chi connectivity index (χ0) is 18.1. The smallest absolute Gasteiger partial charge is 0.264 e. The van der Waals surface area contributed by atoms with Gasteiger partial charge in [-0.1, -0.05) is 12.1 Å². The molecule has 0 aliphatic carbocycles. The molecule has 1 atom stereocenters. The third-order valence-electron chi connectivity index (χ3n) is 5.84. The minimum absolute atomic E-state index is 0.183. The van der Waals surface area contributed by atoms with Crippen molar-refractivity contribution in [3.05, 3.63) is 57.5 Å². The number of piperidine rings is 1. The number of likely N-dealkylation sites (tertiary alicyclic amines) is 2. The summed E-state index contributed by atoms with van der Waals surface area (Å²) in [6.07, 6.45) is 3.45. The van der Waals surface area contributed by atoms with Gasteiger partial charge < -0.3 is 4.90 Å². The van der Waals surface area contributed by atoms with Gasteiger partial charge in [0.05, 0.1) is 4.88 Å². The minimum atomic E-state index is -0.183. The SMILES string of the molecule is Cc1ccsc1C(=O)N1CC[C@]2(CCCN(Cc3ccc(F)cc3)C2)C1. The van der Waals surface area contributed by atoms with E-state index in [1.54, 1.807) is 11.3 Å². The molecule has 2 fully saturated rings. The lowest BCUT2D eigenvalue weighted by Gasteiger charge is -2.40. The maximum absolute atomic E-state index is 13.1. The van der Waals surface area contributed by atoms with Gasteiger partial charge in [0.15, 0.2) is 0 Å². The van der Waals surface area contributed by atoms with E-state index in [1.807, 2.05) is 30.5 Å². The number of thiophene rings is 1. The summed E-state index contributed by atoms with van der Waals surface area (Å²) < 4.78 is 13.1. The summed E-state index contributed by atoms with van der Waals surface area (Å²) in [5, 5.41) is 2.00. The van der Waals surface area contributed by atoms with Crippen molar-refractivity contribution in [1.82, 2.24) is 9.80 Å². The molecule has 1 spiro atoms.